The van der Waals surface area contributed by atoms with E-state index in [0.29, 0.717) is 11.5 Å². The molecule has 234 valence electrons. The minimum absolute atomic E-state index is 0.0198. The number of hydrogen-bond acceptors (Lipinski definition) is 11. The third kappa shape index (κ3) is 8.60. The number of esters is 2. The molecule has 44 heavy (non-hydrogen) atoms. The van der Waals surface area contributed by atoms with Crippen LogP contribution in [0.3, 0.4) is 0 Å². The van der Waals surface area contributed by atoms with Crippen LogP contribution in [-0.4, -0.2) is 74.3 Å². The highest BCUT2D eigenvalue weighted by Crippen LogP contribution is 2.30. The van der Waals surface area contributed by atoms with Gasteiger partial charge in [0.1, 0.15) is 17.6 Å². The molecule has 4 atom stereocenters. The third-order valence-corrected chi connectivity index (χ3v) is 6.66. The van der Waals surface area contributed by atoms with E-state index in [2.05, 4.69) is 10.3 Å². The molecule has 1 aliphatic heterocycles. The molecule has 1 saturated heterocycles. The number of aromatic nitrogens is 1. The average Bonchev–Trinajstić information content (AvgIpc) is 3.04. The standard InChI is InChI=1S/C32H36N2O10/c1-19-6-10-23(11-7-19)43-27-17-39-16-25(32(37)42-21(3)29(27)44-24-12-8-20(2)9-13-24)34-31(36)28-30(41-18-40-22(4)35)26(38-5)14-15-33-28/h6-15,21,25,27,29H,16-18H2,1-5H3,(H,34,36)/t21-,25-,27-,29-/m0/s1. The maximum Gasteiger partial charge on any atom is 0.331 e. The summed E-state index contributed by atoms with van der Waals surface area (Å²) in [6.45, 7) is 6.17. The summed E-state index contributed by atoms with van der Waals surface area (Å²) < 4.78 is 39.9. The number of nitrogens with one attached hydrogen (secondary N) is 1. The minimum Gasteiger partial charge on any atom is -0.493 e. The van der Waals surface area contributed by atoms with Crippen molar-refractivity contribution in [3.05, 3.63) is 77.6 Å². The summed E-state index contributed by atoms with van der Waals surface area (Å²) in [5.74, 6) is -0.828. The molecule has 1 aliphatic rings. The molecule has 1 fully saturated rings. The largest absolute Gasteiger partial charge is 0.493 e. The highest BCUT2D eigenvalue weighted by atomic mass is 16.7. The molecule has 1 amide bonds. The number of hydrogen-bond donors (Lipinski definition) is 1. The van der Waals surface area contributed by atoms with Gasteiger partial charge < -0.3 is 38.5 Å². The summed E-state index contributed by atoms with van der Waals surface area (Å²) in [5, 5.41) is 2.61. The van der Waals surface area contributed by atoms with Crippen molar-refractivity contribution in [3.8, 4) is 23.0 Å². The fourth-order valence-electron chi connectivity index (χ4n) is 4.33. The first-order chi connectivity index (χ1) is 21.1. The van der Waals surface area contributed by atoms with E-state index in [0.717, 1.165) is 11.1 Å². The Kier molecular flexibility index (Phi) is 11.0. The second-order valence-corrected chi connectivity index (χ2v) is 10.2. The fraction of sp³-hybridized carbons (Fsp3) is 0.375. The average molecular weight is 609 g/mol. The summed E-state index contributed by atoms with van der Waals surface area (Å²) in [6.07, 6.45) is -0.916. The van der Waals surface area contributed by atoms with Gasteiger partial charge in [0.25, 0.3) is 5.91 Å². The van der Waals surface area contributed by atoms with Crippen molar-refractivity contribution in [1.29, 1.82) is 0 Å². The summed E-state index contributed by atoms with van der Waals surface area (Å²) in [7, 11) is 1.38. The van der Waals surface area contributed by atoms with Gasteiger partial charge in [0, 0.05) is 19.2 Å². The van der Waals surface area contributed by atoms with Gasteiger partial charge in [-0.2, -0.15) is 0 Å². The first-order valence-corrected chi connectivity index (χ1v) is 14.0. The predicted molar refractivity (Wildman–Crippen MR) is 157 cm³/mol. The zero-order valence-corrected chi connectivity index (χ0v) is 25.2. The monoisotopic (exact) mass is 608 g/mol. The Labute approximate surface area is 255 Å². The van der Waals surface area contributed by atoms with Crippen molar-refractivity contribution in [2.24, 2.45) is 0 Å². The van der Waals surface area contributed by atoms with E-state index in [9.17, 15) is 14.4 Å². The van der Waals surface area contributed by atoms with Crippen LogP contribution in [0.2, 0.25) is 0 Å². The van der Waals surface area contributed by atoms with Gasteiger partial charge in [-0.15, -0.1) is 0 Å². The van der Waals surface area contributed by atoms with Gasteiger partial charge in [-0.1, -0.05) is 35.4 Å². The number of ether oxygens (including phenoxy) is 7. The van der Waals surface area contributed by atoms with Crippen molar-refractivity contribution >= 4 is 17.8 Å². The van der Waals surface area contributed by atoms with E-state index in [1.165, 1.54) is 26.3 Å². The lowest BCUT2D eigenvalue weighted by Crippen LogP contribution is -2.48. The lowest BCUT2D eigenvalue weighted by atomic mass is 10.1. The molecule has 12 nitrogen and oxygen atoms in total. The van der Waals surface area contributed by atoms with E-state index >= 15 is 0 Å². The van der Waals surface area contributed by atoms with Gasteiger partial charge in [-0.25, -0.2) is 9.78 Å². The molecule has 0 radical (unpaired) electrons. The van der Waals surface area contributed by atoms with Crippen LogP contribution < -0.4 is 24.3 Å². The van der Waals surface area contributed by atoms with Crippen molar-refractivity contribution in [1.82, 2.24) is 10.3 Å². The van der Waals surface area contributed by atoms with E-state index in [4.69, 9.17) is 33.2 Å². The molecule has 2 aromatic carbocycles. The predicted octanol–water partition coefficient (Wildman–Crippen LogP) is 3.56. The molecule has 0 aliphatic carbocycles. The van der Waals surface area contributed by atoms with Crippen LogP contribution in [0, 0.1) is 13.8 Å². The number of benzene rings is 2. The van der Waals surface area contributed by atoms with Gasteiger partial charge in [0.15, 0.2) is 35.4 Å². The van der Waals surface area contributed by atoms with Gasteiger partial charge in [-0.3, -0.25) is 9.59 Å². The Hall–Kier alpha value is -4.84. The number of carbonyl (C=O) groups excluding carboxylic acids is 3. The number of cyclic esters (lactones) is 1. The van der Waals surface area contributed by atoms with Crippen molar-refractivity contribution < 1.29 is 47.5 Å². The molecule has 0 unspecified atom stereocenters. The Morgan fingerprint density at radius 2 is 1.59 bits per heavy atom. The Morgan fingerprint density at radius 1 is 0.955 bits per heavy atom. The van der Waals surface area contributed by atoms with Crippen LogP contribution in [0.25, 0.3) is 0 Å². The van der Waals surface area contributed by atoms with E-state index in [1.54, 1.807) is 6.92 Å². The quantitative estimate of drug-likeness (QED) is 0.267. The molecular weight excluding hydrogens is 572 g/mol. The lowest BCUT2D eigenvalue weighted by molar-refractivity contribution is -0.156. The van der Waals surface area contributed by atoms with Gasteiger partial charge >= 0.3 is 11.9 Å². The first kappa shape index (κ1) is 32.1. The summed E-state index contributed by atoms with van der Waals surface area (Å²) >= 11 is 0. The van der Waals surface area contributed by atoms with Crippen molar-refractivity contribution in [2.45, 2.75) is 52.0 Å². The fourth-order valence-corrected chi connectivity index (χ4v) is 4.33. The summed E-state index contributed by atoms with van der Waals surface area (Å²) in [5.41, 5.74) is 1.94. The number of methoxy groups -OCH3 is 1. The summed E-state index contributed by atoms with van der Waals surface area (Å²) in [4.78, 5) is 42.0. The van der Waals surface area contributed by atoms with Crippen molar-refractivity contribution in [2.75, 3.05) is 27.1 Å². The van der Waals surface area contributed by atoms with Crippen LogP contribution in [0.1, 0.15) is 35.5 Å². The zero-order valence-electron chi connectivity index (χ0n) is 25.2. The Balaban J connectivity index is 1.55. The number of aryl methyl sites for hydroxylation is 2. The molecule has 3 aromatic rings. The molecule has 0 saturated carbocycles. The molecule has 1 N–H and O–H groups in total. The topological polar surface area (TPSA) is 141 Å². The van der Waals surface area contributed by atoms with Crippen molar-refractivity contribution in [3.63, 3.8) is 0 Å². The normalized spacial score (nSPS) is 20.2. The first-order valence-electron chi connectivity index (χ1n) is 14.0. The Bertz CT molecular complexity index is 1430. The Morgan fingerprint density at radius 3 is 2.20 bits per heavy atom. The maximum absolute atomic E-state index is 13.4. The van der Waals surface area contributed by atoms with Gasteiger partial charge in [0.05, 0.1) is 20.3 Å². The van der Waals surface area contributed by atoms with Gasteiger partial charge in [0.2, 0.25) is 6.79 Å². The van der Waals surface area contributed by atoms with Crippen LogP contribution >= 0.6 is 0 Å². The van der Waals surface area contributed by atoms with Crippen LogP contribution in [0.5, 0.6) is 23.0 Å². The molecule has 12 heteroatoms. The highest BCUT2D eigenvalue weighted by molar-refractivity contribution is 5.98. The van der Waals surface area contributed by atoms with Gasteiger partial charge in [-0.05, 0) is 45.0 Å². The molecule has 2 heterocycles. The highest BCUT2D eigenvalue weighted by Gasteiger charge is 2.38. The molecular formula is C32H36N2O10. The summed E-state index contributed by atoms with van der Waals surface area (Å²) in [6, 6.07) is 15.3. The van der Waals surface area contributed by atoms with Crippen LogP contribution in [0.15, 0.2) is 60.8 Å². The smallest absolute Gasteiger partial charge is 0.331 e. The van der Waals surface area contributed by atoms with E-state index in [-0.39, 0.29) is 30.4 Å². The van der Waals surface area contributed by atoms with E-state index < -0.39 is 49.0 Å². The lowest BCUT2D eigenvalue weighted by Gasteiger charge is -2.31. The SMILES string of the molecule is COc1ccnc(C(=O)N[C@H]2COC[C@H](Oc3ccc(C)cc3)[C@@H](Oc3ccc(C)cc3)[C@H](C)OC2=O)c1OCOC(C)=O. The maximum atomic E-state index is 13.4. The molecule has 4 rings (SSSR count). The zero-order chi connectivity index (χ0) is 31.6. The number of nitrogens with zero attached hydrogens (tertiary/aromatic N) is 1. The second-order valence-electron chi connectivity index (χ2n) is 10.2. The second kappa shape index (κ2) is 15.1. The third-order valence-electron chi connectivity index (χ3n) is 6.66. The van der Waals surface area contributed by atoms with E-state index in [1.807, 2.05) is 62.4 Å². The molecule has 0 bridgehead atoms. The molecule has 0 spiro atoms. The minimum atomic E-state index is -1.21. The molecule has 1 aromatic heterocycles. The number of carbonyl (C=O) groups is 3. The van der Waals surface area contributed by atoms with Crippen LogP contribution in [-0.2, 0) is 23.8 Å². The van der Waals surface area contributed by atoms with Crippen LogP contribution in [0.4, 0.5) is 0 Å². The number of amides is 1. The number of pyridine rings is 1. The number of rotatable bonds is 10.